The molecular weight excluding hydrogens is 383 g/mol. The Morgan fingerprint density at radius 3 is 1.73 bits per heavy atom. The fourth-order valence-electron chi connectivity index (χ4n) is 1.24. The van der Waals surface area contributed by atoms with Crippen molar-refractivity contribution < 1.29 is 43.6 Å². The lowest BCUT2D eigenvalue weighted by atomic mass is 10.0. The summed E-state index contributed by atoms with van der Waals surface area (Å²) in [6.07, 6.45) is -3.74. The van der Waals surface area contributed by atoms with Crippen molar-refractivity contribution in [2.24, 2.45) is 0 Å². The Morgan fingerprint density at radius 1 is 1.05 bits per heavy atom. The normalized spacial score (nSPS) is 19.1. The van der Waals surface area contributed by atoms with E-state index in [1.54, 1.807) is 0 Å². The molecule has 0 radical (unpaired) electrons. The maximum Gasteiger partial charge on any atom is 0.387 e. The summed E-state index contributed by atoms with van der Waals surface area (Å²) in [6, 6.07) is -0.131. The first-order valence-electron chi connectivity index (χ1n) is 5.93. The van der Waals surface area contributed by atoms with Crippen molar-refractivity contribution in [2.45, 2.75) is 55.6 Å². The summed E-state index contributed by atoms with van der Waals surface area (Å²) in [7, 11) is -3.65. The van der Waals surface area contributed by atoms with Crippen LogP contribution in [0.2, 0.25) is 12.6 Å². The fourth-order valence-corrected chi connectivity index (χ4v) is 6.86. The first kappa shape index (κ1) is 22.1. The van der Waals surface area contributed by atoms with Crippen LogP contribution < -0.4 is 0 Å². The van der Waals surface area contributed by atoms with Gasteiger partial charge < -0.3 is 4.12 Å². The Balaban J connectivity index is 5.79. The van der Waals surface area contributed by atoms with Gasteiger partial charge in [0.1, 0.15) is 10.5 Å². The summed E-state index contributed by atoms with van der Waals surface area (Å²) >= 11 is -0.857. The number of rotatable bonds is 8. The highest BCUT2D eigenvalue weighted by atomic mass is 32.4. The Kier molecular flexibility index (Phi) is 6.58. The molecule has 0 aliphatic heterocycles. The van der Waals surface area contributed by atoms with Gasteiger partial charge in [0.2, 0.25) is 7.47 Å². The average molecular weight is 398 g/mol. The van der Waals surface area contributed by atoms with Crippen LogP contribution in [-0.2, 0) is 4.12 Å². The number of alkyl halides is 9. The van der Waals surface area contributed by atoms with Crippen LogP contribution in [-0.4, -0.2) is 47.1 Å². The average Bonchev–Trinajstić information content (AvgIpc) is 2.37. The van der Waals surface area contributed by atoms with Gasteiger partial charge in [-0.2, -0.15) is 35.1 Å². The number of hydrogen-bond donors (Lipinski definition) is 0. The van der Waals surface area contributed by atoms with Gasteiger partial charge in [0.15, 0.2) is 6.17 Å². The van der Waals surface area contributed by atoms with Crippen molar-refractivity contribution in [3.63, 3.8) is 0 Å². The molecule has 0 heterocycles. The molecule has 0 fully saturated rings. The monoisotopic (exact) mass is 398 g/mol. The van der Waals surface area contributed by atoms with E-state index in [0.717, 1.165) is 6.55 Å². The highest BCUT2D eigenvalue weighted by Crippen LogP contribution is 2.58. The first-order chi connectivity index (χ1) is 9.52. The molecular formula is C9H15F9OSSi2. The van der Waals surface area contributed by atoms with Crippen LogP contribution in [0.15, 0.2) is 0 Å². The van der Waals surface area contributed by atoms with Crippen LogP contribution in [0.3, 0.4) is 0 Å². The molecule has 22 heavy (non-hydrogen) atoms. The van der Waals surface area contributed by atoms with Crippen molar-refractivity contribution in [1.82, 2.24) is 0 Å². The minimum Gasteiger partial charge on any atom is -0.456 e. The van der Waals surface area contributed by atoms with Crippen molar-refractivity contribution >= 4 is 29.2 Å². The van der Waals surface area contributed by atoms with Crippen LogP contribution in [0.1, 0.15) is 13.8 Å². The second-order valence-electron chi connectivity index (χ2n) is 4.70. The Morgan fingerprint density at radius 2 is 1.45 bits per heavy atom. The quantitative estimate of drug-likeness (QED) is 0.452. The van der Waals surface area contributed by atoms with Crippen LogP contribution in [0.5, 0.6) is 0 Å². The summed E-state index contributed by atoms with van der Waals surface area (Å²) in [4.78, 5) is 0. The number of halogens is 9. The molecule has 0 saturated heterocycles. The van der Waals surface area contributed by atoms with E-state index >= 15 is 0 Å². The van der Waals surface area contributed by atoms with Gasteiger partial charge in [-0.25, -0.2) is 4.39 Å². The largest absolute Gasteiger partial charge is 0.456 e. The third kappa shape index (κ3) is 3.61. The third-order valence-electron chi connectivity index (χ3n) is 3.10. The van der Waals surface area contributed by atoms with Crippen molar-refractivity contribution in [2.75, 3.05) is 0 Å². The standard InChI is InChI=1S/C9H15F9OSSi2/c1-4-22(3,19-21)20-9(17,18)8(15,16)7(13,14)6(11,12)5(2)10/h5H,4H2,1-3,21H3. The predicted octanol–water partition coefficient (Wildman–Crippen LogP) is 3.97. The van der Waals surface area contributed by atoms with Gasteiger partial charge in [0.25, 0.3) is 0 Å². The van der Waals surface area contributed by atoms with Gasteiger partial charge >= 0.3 is 23.0 Å². The van der Waals surface area contributed by atoms with Crippen LogP contribution in [0.4, 0.5) is 39.5 Å². The van der Waals surface area contributed by atoms with Gasteiger partial charge in [0.05, 0.1) is 0 Å². The SMILES string of the molecule is CC[Si](C)(O[SiH3])SC(F)(F)C(F)(F)C(F)(F)C(F)(F)C(C)F. The molecule has 2 atom stereocenters. The lowest BCUT2D eigenvalue weighted by molar-refractivity contribution is -0.356. The first-order valence-corrected chi connectivity index (χ1v) is 10.9. The fraction of sp³-hybridized carbons (Fsp3) is 1.00. The van der Waals surface area contributed by atoms with Gasteiger partial charge in [-0.15, -0.1) is 0 Å². The summed E-state index contributed by atoms with van der Waals surface area (Å²) in [5.74, 6) is -19.0. The van der Waals surface area contributed by atoms with Gasteiger partial charge in [-0.1, -0.05) is 18.1 Å². The maximum absolute atomic E-state index is 13.6. The predicted molar refractivity (Wildman–Crippen MR) is 71.1 cm³/mol. The molecule has 0 aromatic rings. The topological polar surface area (TPSA) is 9.23 Å². The molecule has 0 aliphatic rings. The summed E-state index contributed by atoms with van der Waals surface area (Å²) in [5, 5.41) is -5.55. The lowest BCUT2D eigenvalue weighted by Gasteiger charge is -2.39. The molecule has 1 nitrogen and oxygen atoms in total. The summed E-state index contributed by atoms with van der Waals surface area (Å²) in [6.45, 7) is 2.28. The molecule has 0 saturated carbocycles. The van der Waals surface area contributed by atoms with Crippen molar-refractivity contribution in [3.8, 4) is 0 Å². The number of hydrogen-bond acceptors (Lipinski definition) is 2. The molecule has 134 valence electrons. The van der Waals surface area contributed by atoms with Crippen molar-refractivity contribution in [1.29, 1.82) is 0 Å². The van der Waals surface area contributed by atoms with E-state index in [4.69, 9.17) is 4.12 Å². The van der Waals surface area contributed by atoms with Crippen LogP contribution in [0.25, 0.3) is 0 Å². The van der Waals surface area contributed by atoms with Crippen LogP contribution in [0, 0.1) is 0 Å². The smallest absolute Gasteiger partial charge is 0.387 e. The summed E-state index contributed by atoms with van der Waals surface area (Å²) in [5.41, 5.74) is 0. The van der Waals surface area contributed by atoms with E-state index in [9.17, 15) is 39.5 Å². The van der Waals surface area contributed by atoms with Crippen LogP contribution >= 0.6 is 11.2 Å². The van der Waals surface area contributed by atoms with Crippen molar-refractivity contribution in [3.05, 3.63) is 0 Å². The maximum atomic E-state index is 13.6. The van der Waals surface area contributed by atoms with E-state index in [2.05, 4.69) is 0 Å². The van der Waals surface area contributed by atoms with E-state index in [1.807, 2.05) is 0 Å². The molecule has 2 unspecified atom stereocenters. The zero-order valence-electron chi connectivity index (χ0n) is 12.0. The second kappa shape index (κ2) is 6.55. The highest BCUT2D eigenvalue weighted by Gasteiger charge is 2.82. The lowest BCUT2D eigenvalue weighted by Crippen LogP contribution is -2.64. The van der Waals surface area contributed by atoms with Gasteiger partial charge in [0, 0.05) is 0 Å². The Bertz CT molecular complexity index is 387. The van der Waals surface area contributed by atoms with E-state index in [1.165, 1.54) is 6.92 Å². The third-order valence-corrected chi connectivity index (χ3v) is 13.2. The summed E-state index contributed by atoms with van der Waals surface area (Å²) < 4.78 is 124. The zero-order valence-corrected chi connectivity index (χ0v) is 15.8. The minimum atomic E-state index is -6.57. The Labute approximate surface area is 129 Å². The molecule has 0 spiro atoms. The second-order valence-corrected chi connectivity index (χ2v) is 13.2. The molecule has 13 heteroatoms. The van der Waals surface area contributed by atoms with Gasteiger partial charge in [-0.05, 0) is 19.5 Å². The van der Waals surface area contributed by atoms with E-state index in [0.29, 0.717) is 0 Å². The zero-order chi connectivity index (χ0) is 18.2. The molecule has 0 amide bonds. The van der Waals surface area contributed by atoms with E-state index < -0.39 is 47.9 Å². The molecule has 0 aromatic heterocycles. The molecule has 0 bridgehead atoms. The molecule has 0 aliphatic carbocycles. The minimum absolute atomic E-state index is 0.110. The molecule has 0 aromatic carbocycles. The molecule has 0 N–H and O–H groups in total. The molecule has 0 rings (SSSR count). The van der Waals surface area contributed by atoms with E-state index in [-0.39, 0.29) is 23.5 Å². The Hall–Kier alpha value is 0.114. The highest BCUT2D eigenvalue weighted by molar-refractivity contribution is 8.28. The van der Waals surface area contributed by atoms with Gasteiger partial charge in [-0.3, -0.25) is 0 Å².